The van der Waals surface area contributed by atoms with Crippen LogP contribution in [-0.4, -0.2) is 32.3 Å². The van der Waals surface area contributed by atoms with E-state index >= 15 is 0 Å². The smallest absolute Gasteiger partial charge is 0.251 e. The molecule has 2 aromatic carbocycles. The number of thioether (sulfide) groups is 1. The molecular formula is C20H19Br2N5O2S. The Morgan fingerprint density at radius 1 is 1.13 bits per heavy atom. The fourth-order valence-corrected chi connectivity index (χ4v) is 4.10. The topological polar surface area (TPSA) is 88.9 Å². The molecule has 0 saturated heterocycles. The van der Waals surface area contributed by atoms with Crippen LogP contribution in [0.4, 0.5) is 5.69 Å². The summed E-state index contributed by atoms with van der Waals surface area (Å²) in [5.74, 6) is 0.445. The van der Waals surface area contributed by atoms with Crippen LogP contribution in [0.3, 0.4) is 0 Å². The Labute approximate surface area is 195 Å². The van der Waals surface area contributed by atoms with Crippen molar-refractivity contribution in [3.8, 4) is 0 Å². The zero-order valence-corrected chi connectivity index (χ0v) is 20.2. The summed E-state index contributed by atoms with van der Waals surface area (Å²) in [6.45, 7) is 1.84. The van der Waals surface area contributed by atoms with Crippen molar-refractivity contribution in [2.75, 3.05) is 11.1 Å². The number of aromatic nitrogens is 3. The molecule has 3 aromatic rings. The van der Waals surface area contributed by atoms with E-state index in [4.69, 9.17) is 0 Å². The monoisotopic (exact) mass is 551 g/mol. The Balaban J connectivity index is 1.59. The molecule has 1 aromatic heterocycles. The second-order valence-corrected chi connectivity index (χ2v) is 9.13. The largest absolute Gasteiger partial charge is 0.342 e. The van der Waals surface area contributed by atoms with Crippen LogP contribution in [0.25, 0.3) is 0 Å². The summed E-state index contributed by atoms with van der Waals surface area (Å²) in [5, 5.41) is 14.7. The van der Waals surface area contributed by atoms with Gasteiger partial charge >= 0.3 is 0 Å². The maximum absolute atomic E-state index is 12.4. The Kier molecular flexibility index (Phi) is 7.68. The molecule has 10 heteroatoms. The van der Waals surface area contributed by atoms with E-state index in [1.807, 2.05) is 50.4 Å². The summed E-state index contributed by atoms with van der Waals surface area (Å²) in [5.41, 5.74) is 1.27. The lowest BCUT2D eigenvalue weighted by Crippen LogP contribution is -2.28. The number of nitrogens with zero attached hydrogens (tertiary/aromatic N) is 3. The fourth-order valence-electron chi connectivity index (χ4n) is 2.67. The Bertz CT molecular complexity index is 1060. The average Bonchev–Trinajstić information content (AvgIpc) is 3.10. The predicted molar refractivity (Wildman–Crippen MR) is 125 cm³/mol. The SMILES string of the molecule is C[C@@H](NC(=O)c1ccccc1)c1nnc(SCC(=O)Nc2cc(Br)ccc2Br)n1C. The first kappa shape index (κ1) is 22.5. The van der Waals surface area contributed by atoms with Gasteiger partial charge in [0.05, 0.1) is 17.5 Å². The van der Waals surface area contributed by atoms with Gasteiger partial charge in [-0.2, -0.15) is 0 Å². The Morgan fingerprint density at radius 2 is 1.87 bits per heavy atom. The quantitative estimate of drug-likeness (QED) is 0.419. The molecule has 0 spiro atoms. The second kappa shape index (κ2) is 10.2. The van der Waals surface area contributed by atoms with Gasteiger partial charge in [-0.25, -0.2) is 0 Å². The number of amides is 2. The van der Waals surface area contributed by atoms with Crippen LogP contribution < -0.4 is 10.6 Å². The molecule has 30 heavy (non-hydrogen) atoms. The predicted octanol–water partition coefficient (Wildman–Crippen LogP) is 4.56. The van der Waals surface area contributed by atoms with Gasteiger partial charge in [0.25, 0.3) is 5.91 Å². The fraction of sp³-hybridized carbons (Fsp3) is 0.200. The van der Waals surface area contributed by atoms with Crippen LogP contribution in [-0.2, 0) is 11.8 Å². The van der Waals surface area contributed by atoms with Gasteiger partial charge in [0.2, 0.25) is 5.91 Å². The van der Waals surface area contributed by atoms with Gasteiger partial charge in [0.1, 0.15) is 0 Å². The summed E-state index contributed by atoms with van der Waals surface area (Å²) < 4.78 is 3.45. The number of anilines is 1. The summed E-state index contributed by atoms with van der Waals surface area (Å²) in [7, 11) is 1.81. The van der Waals surface area contributed by atoms with Gasteiger partial charge in [-0.3, -0.25) is 9.59 Å². The highest BCUT2D eigenvalue weighted by atomic mass is 79.9. The number of hydrogen-bond acceptors (Lipinski definition) is 5. The van der Waals surface area contributed by atoms with Gasteiger partial charge in [-0.15, -0.1) is 10.2 Å². The van der Waals surface area contributed by atoms with Gasteiger partial charge in [0, 0.05) is 21.6 Å². The third-order valence-corrected chi connectivity index (χ3v) is 6.38. The maximum atomic E-state index is 12.4. The van der Waals surface area contributed by atoms with Crippen molar-refractivity contribution >= 4 is 61.1 Å². The minimum Gasteiger partial charge on any atom is -0.342 e. The molecule has 7 nitrogen and oxygen atoms in total. The molecule has 0 aliphatic carbocycles. The van der Waals surface area contributed by atoms with Gasteiger partial charge in [0.15, 0.2) is 11.0 Å². The lowest BCUT2D eigenvalue weighted by Gasteiger charge is -2.13. The number of halogens is 2. The van der Waals surface area contributed by atoms with Crippen LogP contribution in [0.5, 0.6) is 0 Å². The first-order valence-corrected chi connectivity index (χ1v) is 11.5. The molecular weight excluding hydrogens is 534 g/mol. The second-order valence-electron chi connectivity index (χ2n) is 6.42. The van der Waals surface area contributed by atoms with E-state index in [0.29, 0.717) is 22.2 Å². The summed E-state index contributed by atoms with van der Waals surface area (Å²) in [6, 6.07) is 14.2. The molecule has 2 N–H and O–H groups in total. The van der Waals surface area contributed by atoms with Crippen molar-refractivity contribution in [2.24, 2.45) is 7.05 Å². The van der Waals surface area contributed by atoms with E-state index in [1.54, 1.807) is 16.7 Å². The Hall–Kier alpha value is -2.17. The van der Waals surface area contributed by atoms with E-state index in [-0.39, 0.29) is 23.6 Å². The van der Waals surface area contributed by atoms with Crippen LogP contribution in [0.15, 0.2) is 62.6 Å². The maximum Gasteiger partial charge on any atom is 0.251 e. The first-order chi connectivity index (χ1) is 14.3. The van der Waals surface area contributed by atoms with Crippen LogP contribution in [0, 0.1) is 0 Å². The van der Waals surface area contributed by atoms with E-state index < -0.39 is 0 Å². The van der Waals surface area contributed by atoms with Crippen molar-refractivity contribution < 1.29 is 9.59 Å². The van der Waals surface area contributed by atoms with Crippen molar-refractivity contribution in [3.05, 3.63) is 68.9 Å². The average molecular weight is 553 g/mol. The van der Waals surface area contributed by atoms with Crippen LogP contribution in [0.1, 0.15) is 29.1 Å². The molecule has 0 radical (unpaired) electrons. The highest BCUT2D eigenvalue weighted by Gasteiger charge is 2.19. The molecule has 1 atom stereocenters. The molecule has 0 saturated carbocycles. The minimum absolute atomic E-state index is 0.159. The number of benzene rings is 2. The summed E-state index contributed by atoms with van der Waals surface area (Å²) >= 11 is 8.09. The van der Waals surface area contributed by atoms with Crippen molar-refractivity contribution in [3.63, 3.8) is 0 Å². The van der Waals surface area contributed by atoms with E-state index in [2.05, 4.69) is 52.7 Å². The number of rotatable bonds is 7. The number of carbonyl (C=O) groups excluding carboxylic acids is 2. The molecule has 2 amide bonds. The van der Waals surface area contributed by atoms with E-state index in [1.165, 1.54) is 11.8 Å². The molecule has 0 unspecified atom stereocenters. The van der Waals surface area contributed by atoms with Gasteiger partial charge in [-0.05, 0) is 53.2 Å². The lowest BCUT2D eigenvalue weighted by atomic mass is 10.2. The Morgan fingerprint density at radius 3 is 2.60 bits per heavy atom. The van der Waals surface area contributed by atoms with Crippen molar-refractivity contribution in [2.45, 2.75) is 18.1 Å². The third-order valence-electron chi connectivity index (χ3n) is 4.17. The molecule has 0 bridgehead atoms. The van der Waals surface area contributed by atoms with Gasteiger partial charge < -0.3 is 15.2 Å². The zero-order chi connectivity index (χ0) is 21.7. The molecule has 0 aliphatic heterocycles. The molecule has 156 valence electrons. The molecule has 0 aliphatic rings. The highest BCUT2D eigenvalue weighted by molar-refractivity contribution is 9.11. The van der Waals surface area contributed by atoms with Crippen molar-refractivity contribution in [1.29, 1.82) is 0 Å². The van der Waals surface area contributed by atoms with Crippen LogP contribution in [0.2, 0.25) is 0 Å². The number of nitrogens with one attached hydrogen (secondary N) is 2. The number of carbonyl (C=O) groups is 2. The lowest BCUT2D eigenvalue weighted by molar-refractivity contribution is -0.113. The normalized spacial score (nSPS) is 11.7. The van der Waals surface area contributed by atoms with Crippen LogP contribution >= 0.6 is 43.6 Å². The summed E-state index contributed by atoms with van der Waals surface area (Å²) in [6.07, 6.45) is 0. The standard InChI is InChI=1S/C20H19Br2N5O2S/c1-12(23-19(29)13-6-4-3-5-7-13)18-25-26-20(27(18)2)30-11-17(28)24-16-10-14(21)8-9-15(16)22/h3-10,12H,11H2,1-2H3,(H,23,29)(H,24,28)/t12-/m1/s1. The molecule has 0 fully saturated rings. The first-order valence-electron chi connectivity index (χ1n) is 8.98. The highest BCUT2D eigenvalue weighted by Crippen LogP contribution is 2.27. The van der Waals surface area contributed by atoms with Gasteiger partial charge in [-0.1, -0.05) is 45.9 Å². The van der Waals surface area contributed by atoms with Crippen molar-refractivity contribution in [1.82, 2.24) is 20.1 Å². The number of hydrogen-bond donors (Lipinski definition) is 2. The van der Waals surface area contributed by atoms with E-state index in [0.717, 1.165) is 8.95 Å². The molecule has 3 rings (SSSR count). The molecule has 1 heterocycles. The minimum atomic E-state index is -0.337. The summed E-state index contributed by atoms with van der Waals surface area (Å²) in [4.78, 5) is 24.7. The van der Waals surface area contributed by atoms with E-state index in [9.17, 15) is 9.59 Å². The third kappa shape index (κ3) is 5.71. The zero-order valence-electron chi connectivity index (χ0n) is 16.2.